The van der Waals surface area contributed by atoms with E-state index >= 15 is 0 Å². The number of rotatable bonds is 4. The third-order valence-electron chi connectivity index (χ3n) is 2.39. The van der Waals surface area contributed by atoms with Crippen LogP contribution in [0.25, 0.3) is 0 Å². The lowest BCUT2D eigenvalue weighted by molar-refractivity contribution is -0.117. The lowest BCUT2D eigenvalue weighted by atomic mass is 10.0. The van der Waals surface area contributed by atoms with E-state index in [0.717, 1.165) is 11.4 Å². The number of hydrogen-bond donors (Lipinski definition) is 2. The van der Waals surface area contributed by atoms with Crippen LogP contribution in [0.1, 0.15) is 31.7 Å². The van der Waals surface area contributed by atoms with Gasteiger partial charge in [0.1, 0.15) is 0 Å². The number of nitrogens with zero attached hydrogens (tertiary/aromatic N) is 3. The fraction of sp³-hybridized carbons (Fsp3) is 0.636. The predicted molar refractivity (Wildman–Crippen MR) is 65.4 cm³/mol. The molecule has 6 nitrogen and oxygen atoms in total. The molecule has 0 radical (unpaired) electrons. The Morgan fingerprint density at radius 1 is 1.29 bits per heavy atom. The van der Waals surface area contributed by atoms with E-state index in [-0.39, 0.29) is 11.9 Å². The molecule has 0 aliphatic heterocycles. The molecule has 0 unspecified atom stereocenters. The Bertz CT molecular complexity index is 405. The van der Waals surface area contributed by atoms with Crippen LogP contribution < -0.4 is 11.1 Å². The van der Waals surface area contributed by atoms with Crippen molar-refractivity contribution in [2.45, 2.75) is 40.2 Å². The zero-order valence-corrected chi connectivity index (χ0v) is 10.7. The van der Waals surface area contributed by atoms with E-state index < -0.39 is 6.04 Å². The zero-order chi connectivity index (χ0) is 13.0. The first-order valence-corrected chi connectivity index (χ1v) is 5.64. The van der Waals surface area contributed by atoms with Gasteiger partial charge in [0.25, 0.3) is 0 Å². The topological polar surface area (TPSA) is 93.8 Å². The van der Waals surface area contributed by atoms with Crippen LogP contribution in [0.3, 0.4) is 0 Å². The van der Waals surface area contributed by atoms with Crippen molar-refractivity contribution in [3.63, 3.8) is 0 Å². The summed E-state index contributed by atoms with van der Waals surface area (Å²) in [4.78, 5) is 15.8. The van der Waals surface area contributed by atoms with Crippen LogP contribution in [0.4, 0.5) is 5.95 Å². The maximum absolute atomic E-state index is 11.7. The minimum absolute atomic E-state index is 0.206. The van der Waals surface area contributed by atoms with Gasteiger partial charge in [-0.1, -0.05) is 13.8 Å². The normalized spacial score (nSPS) is 12.6. The molecule has 0 aromatic carbocycles. The summed E-state index contributed by atoms with van der Waals surface area (Å²) in [5.74, 6) is 0.301. The molecule has 1 rings (SSSR count). The van der Waals surface area contributed by atoms with Gasteiger partial charge in [-0.25, -0.2) is 4.98 Å². The summed E-state index contributed by atoms with van der Waals surface area (Å²) in [5, 5.41) is 10.2. The molecule has 0 saturated carbocycles. The number of anilines is 1. The van der Waals surface area contributed by atoms with Gasteiger partial charge >= 0.3 is 0 Å². The third-order valence-corrected chi connectivity index (χ3v) is 2.39. The number of aryl methyl sites for hydroxylation is 2. The molecule has 94 valence electrons. The van der Waals surface area contributed by atoms with Crippen LogP contribution in [0.5, 0.6) is 0 Å². The fourth-order valence-corrected chi connectivity index (χ4v) is 1.33. The second-order valence-corrected chi connectivity index (χ2v) is 4.53. The van der Waals surface area contributed by atoms with Gasteiger partial charge in [-0.05, 0) is 26.2 Å². The van der Waals surface area contributed by atoms with Crippen molar-refractivity contribution in [2.75, 3.05) is 5.32 Å². The number of carbonyl (C=O) groups is 1. The van der Waals surface area contributed by atoms with E-state index in [4.69, 9.17) is 5.73 Å². The molecule has 1 aromatic rings. The van der Waals surface area contributed by atoms with E-state index in [0.29, 0.717) is 12.3 Å². The van der Waals surface area contributed by atoms with Gasteiger partial charge in [0, 0.05) is 0 Å². The van der Waals surface area contributed by atoms with E-state index in [2.05, 4.69) is 20.5 Å². The number of carbonyl (C=O) groups excluding carboxylic acids is 1. The summed E-state index contributed by atoms with van der Waals surface area (Å²) in [5.41, 5.74) is 7.23. The fourth-order valence-electron chi connectivity index (χ4n) is 1.33. The maximum atomic E-state index is 11.7. The van der Waals surface area contributed by atoms with E-state index in [1.54, 1.807) is 0 Å². The van der Waals surface area contributed by atoms with Crippen LogP contribution in [-0.2, 0) is 4.79 Å². The minimum atomic E-state index is -0.541. The predicted octanol–water partition coefficient (Wildman–Crippen LogP) is 0.800. The second kappa shape index (κ2) is 5.67. The van der Waals surface area contributed by atoms with E-state index in [1.165, 1.54) is 0 Å². The molecule has 0 bridgehead atoms. The molecule has 1 atom stereocenters. The van der Waals surface area contributed by atoms with Gasteiger partial charge in [-0.2, -0.15) is 5.10 Å². The standard InChI is InChI=1S/C11H19N5O/c1-6(2)5-9(12)10(17)14-11-13-7(3)8(4)15-16-11/h6,9H,5,12H2,1-4H3,(H,13,14,16,17)/t9-/m1/s1. The molecule has 1 aromatic heterocycles. The first kappa shape index (κ1) is 13.5. The largest absolute Gasteiger partial charge is 0.320 e. The first-order chi connectivity index (χ1) is 7.90. The summed E-state index contributed by atoms with van der Waals surface area (Å²) < 4.78 is 0. The zero-order valence-electron chi connectivity index (χ0n) is 10.7. The molecule has 0 fully saturated rings. The molecular weight excluding hydrogens is 218 g/mol. The van der Waals surface area contributed by atoms with Gasteiger partial charge in [0.2, 0.25) is 11.9 Å². The number of aromatic nitrogens is 3. The monoisotopic (exact) mass is 237 g/mol. The molecular formula is C11H19N5O. The Kier molecular flexibility index (Phi) is 4.51. The van der Waals surface area contributed by atoms with Crippen LogP contribution in [0, 0.1) is 19.8 Å². The molecule has 0 aliphatic rings. The van der Waals surface area contributed by atoms with Crippen LogP contribution in [-0.4, -0.2) is 27.1 Å². The van der Waals surface area contributed by atoms with Crippen molar-refractivity contribution in [2.24, 2.45) is 11.7 Å². The minimum Gasteiger partial charge on any atom is -0.320 e. The maximum Gasteiger partial charge on any atom is 0.249 e. The summed E-state index contributed by atoms with van der Waals surface area (Å²) in [6, 6.07) is -0.541. The Labute approximate surface area is 101 Å². The molecule has 3 N–H and O–H groups in total. The van der Waals surface area contributed by atoms with Gasteiger partial charge < -0.3 is 5.73 Å². The Morgan fingerprint density at radius 2 is 1.94 bits per heavy atom. The second-order valence-electron chi connectivity index (χ2n) is 4.53. The SMILES string of the molecule is Cc1nnc(NC(=O)[C@H](N)CC(C)C)nc1C. The summed E-state index contributed by atoms with van der Waals surface area (Å²) in [7, 11) is 0. The van der Waals surface area contributed by atoms with Gasteiger partial charge in [-0.3, -0.25) is 10.1 Å². The highest BCUT2D eigenvalue weighted by atomic mass is 16.2. The molecule has 1 amide bonds. The van der Waals surface area contributed by atoms with Crippen LogP contribution in [0.15, 0.2) is 0 Å². The molecule has 1 heterocycles. The van der Waals surface area contributed by atoms with Crippen molar-refractivity contribution in [1.82, 2.24) is 15.2 Å². The third kappa shape index (κ3) is 4.07. The Balaban J connectivity index is 2.64. The van der Waals surface area contributed by atoms with Crippen LogP contribution in [0.2, 0.25) is 0 Å². The first-order valence-electron chi connectivity index (χ1n) is 5.64. The van der Waals surface area contributed by atoms with Gasteiger partial charge in [0.15, 0.2) is 0 Å². The molecule has 6 heteroatoms. The molecule has 0 spiro atoms. The number of nitrogens with two attached hydrogens (primary N) is 1. The number of amides is 1. The van der Waals surface area contributed by atoms with Crippen molar-refractivity contribution >= 4 is 11.9 Å². The highest BCUT2D eigenvalue weighted by Crippen LogP contribution is 2.06. The Hall–Kier alpha value is -1.56. The Morgan fingerprint density at radius 3 is 2.47 bits per heavy atom. The lowest BCUT2D eigenvalue weighted by Gasteiger charge is -2.13. The summed E-state index contributed by atoms with van der Waals surface area (Å²) in [6.07, 6.45) is 0.629. The van der Waals surface area contributed by atoms with Crippen molar-refractivity contribution in [3.05, 3.63) is 11.4 Å². The average molecular weight is 237 g/mol. The molecule has 0 saturated heterocycles. The number of nitrogens with one attached hydrogen (secondary N) is 1. The van der Waals surface area contributed by atoms with E-state index in [1.807, 2.05) is 27.7 Å². The molecule has 17 heavy (non-hydrogen) atoms. The lowest BCUT2D eigenvalue weighted by Crippen LogP contribution is -2.37. The summed E-state index contributed by atoms with van der Waals surface area (Å²) in [6.45, 7) is 7.65. The van der Waals surface area contributed by atoms with Crippen molar-refractivity contribution in [1.29, 1.82) is 0 Å². The quantitative estimate of drug-likeness (QED) is 0.807. The van der Waals surface area contributed by atoms with Gasteiger partial charge in [-0.15, -0.1) is 5.10 Å². The average Bonchev–Trinajstić information content (AvgIpc) is 2.22. The van der Waals surface area contributed by atoms with Crippen molar-refractivity contribution in [3.8, 4) is 0 Å². The summed E-state index contributed by atoms with van der Waals surface area (Å²) >= 11 is 0. The van der Waals surface area contributed by atoms with Crippen molar-refractivity contribution < 1.29 is 4.79 Å². The smallest absolute Gasteiger partial charge is 0.249 e. The van der Waals surface area contributed by atoms with Crippen LogP contribution >= 0.6 is 0 Å². The number of hydrogen-bond acceptors (Lipinski definition) is 5. The highest BCUT2D eigenvalue weighted by Gasteiger charge is 2.16. The van der Waals surface area contributed by atoms with Gasteiger partial charge in [0.05, 0.1) is 17.4 Å². The highest BCUT2D eigenvalue weighted by molar-refractivity contribution is 5.93. The van der Waals surface area contributed by atoms with E-state index in [9.17, 15) is 4.79 Å². The molecule has 0 aliphatic carbocycles.